The monoisotopic (exact) mass is 319 g/mol. The number of nitrogens with zero attached hydrogens (tertiary/aromatic N) is 4. The van der Waals surface area contributed by atoms with E-state index in [0.29, 0.717) is 17.6 Å². The van der Waals surface area contributed by atoms with Crippen LogP contribution in [-0.4, -0.2) is 37.9 Å². The predicted molar refractivity (Wildman–Crippen MR) is 88.4 cm³/mol. The molecule has 2 rings (SSSR count). The number of thioether (sulfide) groups is 1. The van der Waals surface area contributed by atoms with Gasteiger partial charge in [-0.25, -0.2) is 0 Å². The van der Waals surface area contributed by atoms with Gasteiger partial charge in [-0.05, 0) is 25.0 Å². The fourth-order valence-corrected chi connectivity index (χ4v) is 3.01. The molecule has 0 bridgehead atoms. The van der Waals surface area contributed by atoms with Gasteiger partial charge in [-0.2, -0.15) is 0 Å². The number of carbonyl (C=O) groups is 1. The molecule has 0 saturated carbocycles. The zero-order valence-corrected chi connectivity index (χ0v) is 14.1. The minimum absolute atomic E-state index is 0.0508. The average Bonchev–Trinajstić information content (AvgIpc) is 2.80. The molecule has 0 fully saturated rings. The number of hydrogen-bond acceptors (Lipinski definition) is 5. The van der Waals surface area contributed by atoms with E-state index >= 15 is 0 Å². The van der Waals surface area contributed by atoms with Crippen LogP contribution in [0, 0.1) is 6.92 Å². The molecule has 7 heteroatoms. The van der Waals surface area contributed by atoms with Crippen molar-refractivity contribution in [2.45, 2.75) is 30.8 Å². The van der Waals surface area contributed by atoms with E-state index in [-0.39, 0.29) is 11.2 Å². The topological polar surface area (TPSA) is 77.0 Å². The molecule has 1 unspecified atom stereocenters. The van der Waals surface area contributed by atoms with Crippen molar-refractivity contribution in [2.24, 2.45) is 7.05 Å². The highest BCUT2D eigenvalue weighted by atomic mass is 32.2. The van der Waals surface area contributed by atoms with Gasteiger partial charge in [0, 0.05) is 20.6 Å². The third-order valence-electron chi connectivity index (χ3n) is 3.54. The van der Waals surface area contributed by atoms with Crippen LogP contribution in [0.5, 0.6) is 0 Å². The number of nitrogens with two attached hydrogens (primary N) is 1. The number of rotatable bonds is 5. The van der Waals surface area contributed by atoms with Crippen molar-refractivity contribution in [1.82, 2.24) is 19.7 Å². The zero-order valence-electron chi connectivity index (χ0n) is 13.3. The molecule has 22 heavy (non-hydrogen) atoms. The first-order valence-electron chi connectivity index (χ1n) is 7.01. The summed E-state index contributed by atoms with van der Waals surface area (Å²) in [5, 5.41) is 8.16. The van der Waals surface area contributed by atoms with Crippen molar-refractivity contribution in [3.05, 3.63) is 35.4 Å². The average molecular weight is 319 g/mol. The Morgan fingerprint density at radius 2 is 2.09 bits per heavy atom. The first-order chi connectivity index (χ1) is 10.4. The molecule has 0 radical (unpaired) electrons. The molecule has 1 atom stereocenters. The minimum atomic E-state index is -0.253. The number of aromatic nitrogens is 3. The van der Waals surface area contributed by atoms with Crippen molar-refractivity contribution in [2.75, 3.05) is 12.8 Å². The number of anilines is 1. The normalized spacial score (nSPS) is 12.2. The Morgan fingerprint density at radius 1 is 1.41 bits per heavy atom. The van der Waals surface area contributed by atoms with Gasteiger partial charge >= 0.3 is 0 Å². The van der Waals surface area contributed by atoms with Gasteiger partial charge in [0.05, 0.1) is 5.25 Å². The first kappa shape index (κ1) is 16.4. The molecule has 0 spiro atoms. The Kier molecular flexibility index (Phi) is 5.07. The van der Waals surface area contributed by atoms with Gasteiger partial charge < -0.3 is 10.6 Å². The lowest BCUT2D eigenvalue weighted by molar-refractivity contribution is -0.129. The lowest BCUT2D eigenvalue weighted by Crippen LogP contribution is -2.33. The Morgan fingerprint density at radius 3 is 2.68 bits per heavy atom. The highest BCUT2D eigenvalue weighted by molar-refractivity contribution is 8.00. The second-order valence-electron chi connectivity index (χ2n) is 5.28. The van der Waals surface area contributed by atoms with Gasteiger partial charge in [0.25, 0.3) is 0 Å². The number of nitrogen functional groups attached to an aromatic ring is 1. The summed E-state index contributed by atoms with van der Waals surface area (Å²) in [6.07, 6.45) is 0. The molecule has 0 aliphatic heterocycles. The summed E-state index contributed by atoms with van der Waals surface area (Å²) < 4.78 is 1.68. The van der Waals surface area contributed by atoms with Crippen LogP contribution >= 0.6 is 11.8 Å². The third-order valence-corrected chi connectivity index (χ3v) is 4.67. The quantitative estimate of drug-likeness (QED) is 0.851. The summed E-state index contributed by atoms with van der Waals surface area (Å²) in [5.41, 5.74) is 7.99. The predicted octanol–water partition coefficient (Wildman–Crippen LogP) is 1.84. The molecule has 0 aliphatic rings. The van der Waals surface area contributed by atoms with Gasteiger partial charge in [-0.15, -0.1) is 10.2 Å². The second-order valence-corrected chi connectivity index (χ2v) is 6.59. The molecule has 2 N–H and O–H groups in total. The molecule has 1 heterocycles. The van der Waals surface area contributed by atoms with Crippen LogP contribution in [0.15, 0.2) is 29.4 Å². The van der Waals surface area contributed by atoms with Crippen molar-refractivity contribution in [1.29, 1.82) is 0 Å². The van der Waals surface area contributed by atoms with E-state index in [4.69, 9.17) is 5.73 Å². The molecule has 118 valence electrons. The van der Waals surface area contributed by atoms with Gasteiger partial charge in [-0.3, -0.25) is 9.36 Å². The van der Waals surface area contributed by atoms with Crippen LogP contribution in [-0.2, 0) is 18.4 Å². The van der Waals surface area contributed by atoms with E-state index in [9.17, 15) is 4.79 Å². The summed E-state index contributed by atoms with van der Waals surface area (Å²) in [5.74, 6) is 0.394. The number of hydrogen-bond donors (Lipinski definition) is 1. The van der Waals surface area contributed by atoms with Crippen LogP contribution in [0.25, 0.3) is 0 Å². The van der Waals surface area contributed by atoms with E-state index in [1.54, 1.807) is 16.5 Å². The molecule has 0 aliphatic carbocycles. The first-order valence-corrected chi connectivity index (χ1v) is 7.89. The lowest BCUT2D eigenvalue weighted by Gasteiger charge is -2.21. The molecule has 0 saturated heterocycles. The summed E-state index contributed by atoms with van der Waals surface area (Å²) in [6.45, 7) is 4.51. The molecule has 1 amide bonds. The Labute approximate surface area is 134 Å². The van der Waals surface area contributed by atoms with Crippen LogP contribution in [0.2, 0.25) is 0 Å². The lowest BCUT2D eigenvalue weighted by atomic mass is 10.1. The minimum Gasteiger partial charge on any atom is -0.368 e. The maximum atomic E-state index is 12.5. The van der Waals surface area contributed by atoms with Crippen molar-refractivity contribution in [3.8, 4) is 0 Å². The second kappa shape index (κ2) is 6.83. The molecule has 6 nitrogen and oxygen atoms in total. The maximum Gasteiger partial charge on any atom is 0.235 e. The van der Waals surface area contributed by atoms with Gasteiger partial charge in [0.1, 0.15) is 0 Å². The smallest absolute Gasteiger partial charge is 0.235 e. The van der Waals surface area contributed by atoms with E-state index in [1.165, 1.54) is 17.3 Å². The number of amides is 1. The van der Waals surface area contributed by atoms with E-state index in [1.807, 2.05) is 45.2 Å². The third kappa shape index (κ3) is 3.59. The van der Waals surface area contributed by atoms with Crippen LogP contribution < -0.4 is 5.73 Å². The summed E-state index contributed by atoms with van der Waals surface area (Å²) in [4.78, 5) is 14.2. The van der Waals surface area contributed by atoms with Crippen molar-refractivity contribution in [3.63, 3.8) is 0 Å². The molecule has 1 aromatic carbocycles. The number of aryl methyl sites for hydroxylation is 1. The maximum absolute atomic E-state index is 12.5. The Hall–Kier alpha value is -2.02. The van der Waals surface area contributed by atoms with E-state index in [0.717, 1.165) is 5.56 Å². The Balaban J connectivity index is 2.01. The van der Waals surface area contributed by atoms with Crippen LogP contribution in [0.1, 0.15) is 18.1 Å². The van der Waals surface area contributed by atoms with Gasteiger partial charge in [0.15, 0.2) is 5.16 Å². The zero-order chi connectivity index (χ0) is 16.3. The summed E-state index contributed by atoms with van der Waals surface area (Å²) in [7, 11) is 3.60. The fraction of sp³-hybridized carbons (Fsp3) is 0.400. The molecule has 1 aromatic heterocycles. The highest BCUT2D eigenvalue weighted by Crippen LogP contribution is 2.23. The molecular weight excluding hydrogens is 298 g/mol. The van der Waals surface area contributed by atoms with Crippen LogP contribution in [0.3, 0.4) is 0 Å². The van der Waals surface area contributed by atoms with Gasteiger partial charge in [-0.1, -0.05) is 36.0 Å². The van der Waals surface area contributed by atoms with E-state index in [2.05, 4.69) is 10.2 Å². The van der Waals surface area contributed by atoms with Crippen LogP contribution in [0.4, 0.5) is 5.95 Å². The van der Waals surface area contributed by atoms with E-state index < -0.39 is 0 Å². The fourth-order valence-electron chi connectivity index (χ4n) is 2.07. The molecular formula is C15H21N5OS. The number of carbonyl (C=O) groups excluding carboxylic acids is 1. The Bertz CT molecular complexity index is 670. The SMILES string of the molecule is Cc1ccccc1CN(C)C(=O)C(C)Sc1nnc(N)n1C. The van der Waals surface area contributed by atoms with Gasteiger partial charge in [0.2, 0.25) is 11.9 Å². The largest absolute Gasteiger partial charge is 0.368 e. The van der Waals surface area contributed by atoms with Crippen molar-refractivity contribution >= 4 is 23.6 Å². The standard InChI is InChI=1S/C15H21N5OS/c1-10-7-5-6-8-12(10)9-19(3)13(21)11(2)22-15-18-17-14(16)20(15)4/h5-8,11H,9H2,1-4H3,(H2,16,17). The number of benzene rings is 1. The molecule has 2 aromatic rings. The van der Waals surface area contributed by atoms with Crippen molar-refractivity contribution < 1.29 is 4.79 Å². The summed E-state index contributed by atoms with van der Waals surface area (Å²) >= 11 is 1.36. The summed E-state index contributed by atoms with van der Waals surface area (Å²) in [6, 6.07) is 8.08. The highest BCUT2D eigenvalue weighted by Gasteiger charge is 2.21.